The smallest absolute Gasteiger partial charge is 0.123 e. The summed E-state index contributed by atoms with van der Waals surface area (Å²) in [6.07, 6.45) is 0.593. The zero-order chi connectivity index (χ0) is 13.1. The summed E-state index contributed by atoms with van der Waals surface area (Å²) >= 11 is 12.1. The molecule has 2 N–H and O–H groups in total. The second-order valence-corrected chi connectivity index (χ2v) is 4.81. The number of hydrogen-bond acceptors (Lipinski definition) is 1. The second-order valence-electron chi connectivity index (χ2n) is 3.96. The number of benzene rings is 2. The molecule has 0 aliphatic heterocycles. The van der Waals surface area contributed by atoms with Gasteiger partial charge in [0, 0.05) is 15.6 Å². The highest BCUT2D eigenvalue weighted by Gasteiger charge is 2.10. The van der Waals surface area contributed by atoms with Crippen molar-refractivity contribution in [3.63, 3.8) is 0 Å². The topological polar surface area (TPSA) is 26.0 Å². The van der Waals surface area contributed by atoms with Crippen LogP contribution >= 0.6 is 23.2 Å². The zero-order valence-electron chi connectivity index (χ0n) is 9.59. The summed E-state index contributed by atoms with van der Waals surface area (Å²) in [6.45, 7) is 0.453. The van der Waals surface area contributed by atoms with Crippen molar-refractivity contribution < 1.29 is 4.39 Å². The average molecular weight is 284 g/mol. The highest BCUT2D eigenvalue weighted by Crippen LogP contribution is 2.33. The molecule has 18 heavy (non-hydrogen) atoms. The van der Waals surface area contributed by atoms with Gasteiger partial charge < -0.3 is 5.73 Å². The third-order valence-electron chi connectivity index (χ3n) is 2.70. The van der Waals surface area contributed by atoms with E-state index in [0.29, 0.717) is 23.0 Å². The molecule has 0 aliphatic rings. The van der Waals surface area contributed by atoms with Crippen molar-refractivity contribution in [1.82, 2.24) is 0 Å². The van der Waals surface area contributed by atoms with Crippen LogP contribution in [0.15, 0.2) is 36.4 Å². The first kappa shape index (κ1) is 13.3. The van der Waals surface area contributed by atoms with Gasteiger partial charge in [0.25, 0.3) is 0 Å². The number of rotatable bonds is 3. The maximum atomic E-state index is 13.3. The van der Waals surface area contributed by atoms with E-state index in [1.54, 1.807) is 24.3 Å². The van der Waals surface area contributed by atoms with E-state index in [0.717, 1.165) is 16.7 Å². The predicted octanol–water partition coefficient (Wildman–Crippen LogP) is 4.30. The van der Waals surface area contributed by atoms with Crippen molar-refractivity contribution in [2.75, 3.05) is 6.54 Å². The molecule has 0 fully saturated rings. The largest absolute Gasteiger partial charge is 0.330 e. The summed E-state index contributed by atoms with van der Waals surface area (Å²) < 4.78 is 13.3. The van der Waals surface area contributed by atoms with Crippen molar-refractivity contribution >= 4 is 23.2 Å². The van der Waals surface area contributed by atoms with Crippen LogP contribution in [0.2, 0.25) is 10.0 Å². The fourth-order valence-corrected chi connectivity index (χ4v) is 2.28. The van der Waals surface area contributed by atoms with E-state index in [4.69, 9.17) is 28.9 Å². The predicted molar refractivity (Wildman–Crippen MR) is 74.6 cm³/mol. The Labute approximate surface area is 115 Å². The normalized spacial score (nSPS) is 10.7. The average Bonchev–Trinajstić information content (AvgIpc) is 2.33. The van der Waals surface area contributed by atoms with Gasteiger partial charge in [0.15, 0.2) is 0 Å². The molecule has 0 bridgehead atoms. The molecule has 0 aromatic heterocycles. The molecule has 2 aromatic carbocycles. The van der Waals surface area contributed by atoms with Crippen LogP contribution in [0.3, 0.4) is 0 Å². The monoisotopic (exact) mass is 283 g/mol. The van der Waals surface area contributed by atoms with E-state index < -0.39 is 0 Å². The Morgan fingerprint density at radius 2 is 1.78 bits per heavy atom. The van der Waals surface area contributed by atoms with Crippen LogP contribution in [0.1, 0.15) is 5.56 Å². The number of hydrogen-bond donors (Lipinski definition) is 1. The first-order valence-corrected chi connectivity index (χ1v) is 6.31. The standard InChI is InChI=1S/C14H12Cl2FN/c15-10-1-4-14(16)13(8-10)12-3-2-11(17)7-9(12)5-6-18/h1-4,7-8H,5-6,18H2. The molecule has 0 aliphatic carbocycles. The van der Waals surface area contributed by atoms with Crippen molar-refractivity contribution in [3.8, 4) is 11.1 Å². The van der Waals surface area contributed by atoms with Gasteiger partial charge in [-0.1, -0.05) is 29.3 Å². The van der Waals surface area contributed by atoms with E-state index in [1.165, 1.54) is 12.1 Å². The maximum Gasteiger partial charge on any atom is 0.123 e. The molecule has 0 saturated carbocycles. The minimum Gasteiger partial charge on any atom is -0.330 e. The summed E-state index contributed by atoms with van der Waals surface area (Å²) in [5.41, 5.74) is 8.05. The van der Waals surface area contributed by atoms with Crippen molar-refractivity contribution in [3.05, 3.63) is 57.8 Å². The number of halogens is 3. The molecule has 0 radical (unpaired) electrons. The zero-order valence-corrected chi connectivity index (χ0v) is 11.1. The Kier molecular flexibility index (Phi) is 4.23. The summed E-state index contributed by atoms with van der Waals surface area (Å²) in [5, 5.41) is 1.18. The van der Waals surface area contributed by atoms with Crippen LogP contribution in [0, 0.1) is 5.82 Å². The van der Waals surface area contributed by atoms with E-state index in [1.807, 2.05) is 0 Å². The molecule has 2 rings (SSSR count). The van der Waals surface area contributed by atoms with E-state index >= 15 is 0 Å². The molecule has 1 nitrogen and oxygen atoms in total. The Morgan fingerprint density at radius 3 is 2.50 bits per heavy atom. The van der Waals surface area contributed by atoms with Gasteiger partial charge in [-0.2, -0.15) is 0 Å². The van der Waals surface area contributed by atoms with Gasteiger partial charge in [-0.3, -0.25) is 0 Å². The fourth-order valence-electron chi connectivity index (χ4n) is 1.89. The molecule has 94 valence electrons. The highest BCUT2D eigenvalue weighted by molar-refractivity contribution is 6.35. The summed E-state index contributed by atoms with van der Waals surface area (Å²) in [5.74, 6) is -0.277. The van der Waals surface area contributed by atoms with E-state index in [-0.39, 0.29) is 5.82 Å². The van der Waals surface area contributed by atoms with E-state index in [2.05, 4.69) is 0 Å². The van der Waals surface area contributed by atoms with Gasteiger partial charge in [0.2, 0.25) is 0 Å². The lowest BCUT2D eigenvalue weighted by Crippen LogP contribution is -2.04. The summed E-state index contributed by atoms with van der Waals surface area (Å²) in [4.78, 5) is 0. The molecule has 0 spiro atoms. The molecule has 0 heterocycles. The molecular weight excluding hydrogens is 272 g/mol. The van der Waals surface area contributed by atoms with Crippen molar-refractivity contribution in [2.24, 2.45) is 5.73 Å². The summed E-state index contributed by atoms with van der Waals surface area (Å²) in [6, 6.07) is 9.83. The maximum absolute atomic E-state index is 13.3. The van der Waals surface area contributed by atoms with Gasteiger partial charge in [-0.05, 0) is 54.4 Å². The first-order valence-electron chi connectivity index (χ1n) is 5.55. The minimum atomic E-state index is -0.277. The Hall–Kier alpha value is -1.09. The number of nitrogens with two attached hydrogens (primary N) is 1. The molecule has 0 amide bonds. The van der Waals surface area contributed by atoms with E-state index in [9.17, 15) is 4.39 Å². The van der Waals surface area contributed by atoms with Gasteiger partial charge >= 0.3 is 0 Å². The molecular formula is C14H12Cl2FN. The first-order chi connectivity index (χ1) is 8.61. The lowest BCUT2D eigenvalue weighted by Gasteiger charge is -2.11. The van der Waals surface area contributed by atoms with Crippen LogP contribution in [-0.2, 0) is 6.42 Å². The molecule has 2 aromatic rings. The van der Waals surface area contributed by atoms with Crippen molar-refractivity contribution in [1.29, 1.82) is 0 Å². The van der Waals surface area contributed by atoms with Gasteiger partial charge in [-0.25, -0.2) is 4.39 Å². The van der Waals surface area contributed by atoms with Crippen LogP contribution in [0.25, 0.3) is 11.1 Å². The lowest BCUT2D eigenvalue weighted by atomic mass is 9.97. The second kappa shape index (κ2) is 5.70. The van der Waals surface area contributed by atoms with Gasteiger partial charge in [0.05, 0.1) is 0 Å². The van der Waals surface area contributed by atoms with Crippen LogP contribution in [0.4, 0.5) is 4.39 Å². The Morgan fingerprint density at radius 1 is 1.00 bits per heavy atom. The van der Waals surface area contributed by atoms with Crippen LogP contribution in [-0.4, -0.2) is 6.54 Å². The van der Waals surface area contributed by atoms with Gasteiger partial charge in [0.1, 0.15) is 5.82 Å². The third kappa shape index (κ3) is 2.83. The molecule has 0 saturated heterocycles. The third-order valence-corrected chi connectivity index (χ3v) is 3.26. The minimum absolute atomic E-state index is 0.277. The molecule has 0 atom stereocenters. The highest BCUT2D eigenvalue weighted by atomic mass is 35.5. The summed E-state index contributed by atoms with van der Waals surface area (Å²) in [7, 11) is 0. The lowest BCUT2D eigenvalue weighted by molar-refractivity contribution is 0.625. The quantitative estimate of drug-likeness (QED) is 0.893. The van der Waals surface area contributed by atoms with Crippen LogP contribution in [0.5, 0.6) is 0 Å². The Balaban J connectivity index is 2.58. The van der Waals surface area contributed by atoms with Crippen LogP contribution < -0.4 is 5.73 Å². The van der Waals surface area contributed by atoms with Crippen molar-refractivity contribution in [2.45, 2.75) is 6.42 Å². The Bertz CT molecular complexity index is 570. The fraction of sp³-hybridized carbons (Fsp3) is 0.143. The van der Waals surface area contributed by atoms with Gasteiger partial charge in [-0.15, -0.1) is 0 Å². The molecule has 4 heteroatoms. The SMILES string of the molecule is NCCc1cc(F)ccc1-c1cc(Cl)ccc1Cl. The molecule has 0 unspecified atom stereocenters.